The van der Waals surface area contributed by atoms with Gasteiger partial charge in [-0.1, -0.05) is 6.42 Å². The van der Waals surface area contributed by atoms with Gasteiger partial charge in [-0.25, -0.2) is 8.42 Å². The summed E-state index contributed by atoms with van der Waals surface area (Å²) in [4.78, 5) is 13.6. The van der Waals surface area contributed by atoms with Crippen LogP contribution in [0.3, 0.4) is 0 Å². The van der Waals surface area contributed by atoms with Gasteiger partial charge in [0, 0.05) is 25.4 Å². The first-order chi connectivity index (χ1) is 9.90. The second-order valence-corrected chi connectivity index (χ2v) is 8.37. The summed E-state index contributed by atoms with van der Waals surface area (Å²) < 4.78 is 33.8. The van der Waals surface area contributed by atoms with E-state index in [1.54, 1.807) is 0 Å². The SMILES string of the molecule is COC(=O)CC1CN(C2CCCC(S(C)(=O)=O)C2)CCO1. The summed E-state index contributed by atoms with van der Waals surface area (Å²) in [6.07, 6.45) is 4.88. The molecule has 0 aromatic heterocycles. The van der Waals surface area contributed by atoms with Gasteiger partial charge in [0.15, 0.2) is 0 Å². The molecule has 2 fully saturated rings. The maximum Gasteiger partial charge on any atom is 0.308 e. The van der Waals surface area contributed by atoms with Crippen LogP contribution >= 0.6 is 0 Å². The summed E-state index contributed by atoms with van der Waals surface area (Å²) in [5.74, 6) is -0.264. The standard InChI is InChI=1S/C14H25NO5S/c1-19-14(16)9-12-10-15(6-7-20-12)11-4-3-5-13(8-11)21(2,17)18/h11-13H,3-10H2,1-2H3. The van der Waals surface area contributed by atoms with Gasteiger partial charge in [0.2, 0.25) is 0 Å². The molecule has 2 rings (SSSR count). The number of nitrogens with zero attached hydrogens (tertiary/aromatic N) is 1. The number of carbonyl (C=O) groups is 1. The van der Waals surface area contributed by atoms with Crippen molar-refractivity contribution in [1.82, 2.24) is 4.90 Å². The molecule has 3 atom stereocenters. The quantitative estimate of drug-likeness (QED) is 0.707. The van der Waals surface area contributed by atoms with Gasteiger partial charge in [-0.3, -0.25) is 9.69 Å². The van der Waals surface area contributed by atoms with Gasteiger partial charge in [-0.05, 0) is 19.3 Å². The number of sulfone groups is 1. The minimum absolute atomic E-state index is 0.148. The van der Waals surface area contributed by atoms with Gasteiger partial charge in [-0.15, -0.1) is 0 Å². The van der Waals surface area contributed by atoms with Crippen LogP contribution in [0.4, 0.5) is 0 Å². The predicted molar refractivity (Wildman–Crippen MR) is 78.8 cm³/mol. The molecule has 0 amide bonds. The van der Waals surface area contributed by atoms with Crippen molar-refractivity contribution >= 4 is 15.8 Å². The number of ether oxygens (including phenoxy) is 2. The van der Waals surface area contributed by atoms with E-state index >= 15 is 0 Å². The van der Waals surface area contributed by atoms with Crippen molar-refractivity contribution in [3.8, 4) is 0 Å². The fourth-order valence-electron chi connectivity index (χ4n) is 3.31. The normalized spacial score (nSPS) is 31.8. The average molecular weight is 319 g/mol. The molecule has 122 valence electrons. The molecule has 3 unspecified atom stereocenters. The molecule has 6 nitrogen and oxygen atoms in total. The summed E-state index contributed by atoms with van der Waals surface area (Å²) in [7, 11) is -1.59. The Bertz CT molecular complexity index is 464. The van der Waals surface area contributed by atoms with Crippen LogP contribution in [0.5, 0.6) is 0 Å². The Labute approximate surface area is 126 Å². The van der Waals surface area contributed by atoms with Gasteiger partial charge in [0.05, 0.1) is 31.5 Å². The van der Waals surface area contributed by atoms with Crippen molar-refractivity contribution in [2.24, 2.45) is 0 Å². The van der Waals surface area contributed by atoms with Crippen LogP contribution in [0.1, 0.15) is 32.1 Å². The van der Waals surface area contributed by atoms with Crippen LogP contribution < -0.4 is 0 Å². The molecule has 0 spiro atoms. The first-order valence-corrected chi connectivity index (χ1v) is 9.47. The zero-order chi connectivity index (χ0) is 15.5. The Kier molecular flexibility index (Phi) is 5.62. The first kappa shape index (κ1) is 16.7. The summed E-state index contributed by atoms with van der Waals surface area (Å²) in [5, 5.41) is -0.224. The lowest BCUT2D eigenvalue weighted by Crippen LogP contribution is -2.50. The number of rotatable bonds is 4. The fourth-order valence-corrected chi connectivity index (χ4v) is 4.47. The monoisotopic (exact) mass is 319 g/mol. The number of morpholine rings is 1. The highest BCUT2D eigenvalue weighted by Crippen LogP contribution is 2.28. The van der Waals surface area contributed by atoms with Crippen molar-refractivity contribution in [2.75, 3.05) is 33.1 Å². The third kappa shape index (κ3) is 4.66. The maximum atomic E-state index is 11.8. The van der Waals surface area contributed by atoms with E-state index in [4.69, 9.17) is 4.74 Å². The summed E-state index contributed by atoms with van der Waals surface area (Å²) in [6, 6.07) is 0.280. The summed E-state index contributed by atoms with van der Waals surface area (Å²) in [5.41, 5.74) is 0. The number of carbonyl (C=O) groups excluding carboxylic acids is 1. The van der Waals surface area contributed by atoms with Gasteiger partial charge in [0.25, 0.3) is 0 Å². The van der Waals surface area contributed by atoms with Crippen LogP contribution in [0.15, 0.2) is 0 Å². The number of hydrogen-bond acceptors (Lipinski definition) is 6. The number of esters is 1. The molecule has 1 aliphatic carbocycles. The minimum Gasteiger partial charge on any atom is -0.469 e. The largest absolute Gasteiger partial charge is 0.469 e. The molecule has 2 aliphatic rings. The molecular formula is C14H25NO5S. The van der Waals surface area contributed by atoms with Crippen LogP contribution in [-0.2, 0) is 24.1 Å². The Morgan fingerprint density at radius 3 is 2.81 bits per heavy atom. The van der Waals surface area contributed by atoms with E-state index in [1.165, 1.54) is 13.4 Å². The lowest BCUT2D eigenvalue weighted by molar-refractivity contribution is -0.146. The lowest BCUT2D eigenvalue weighted by Gasteiger charge is -2.41. The van der Waals surface area contributed by atoms with E-state index in [1.807, 2.05) is 0 Å². The smallest absolute Gasteiger partial charge is 0.308 e. The highest BCUT2D eigenvalue weighted by atomic mass is 32.2. The highest BCUT2D eigenvalue weighted by molar-refractivity contribution is 7.91. The van der Waals surface area contributed by atoms with Gasteiger partial charge in [0.1, 0.15) is 9.84 Å². The Morgan fingerprint density at radius 2 is 2.14 bits per heavy atom. The zero-order valence-electron chi connectivity index (χ0n) is 12.8. The molecule has 0 N–H and O–H groups in total. The van der Waals surface area contributed by atoms with E-state index in [2.05, 4.69) is 9.64 Å². The van der Waals surface area contributed by atoms with E-state index in [0.717, 1.165) is 25.8 Å². The minimum atomic E-state index is -2.97. The molecule has 7 heteroatoms. The van der Waals surface area contributed by atoms with Gasteiger partial charge < -0.3 is 9.47 Å². The molecule has 0 aromatic carbocycles. The third-order valence-corrected chi connectivity index (χ3v) is 6.15. The topological polar surface area (TPSA) is 72.9 Å². The Balaban J connectivity index is 1.93. The summed E-state index contributed by atoms with van der Waals surface area (Å²) >= 11 is 0. The van der Waals surface area contributed by atoms with Crippen LogP contribution in [-0.4, -0.2) is 69.7 Å². The Morgan fingerprint density at radius 1 is 1.38 bits per heavy atom. The third-order valence-electron chi connectivity index (χ3n) is 4.51. The van der Waals surface area contributed by atoms with Crippen LogP contribution in [0, 0.1) is 0 Å². The molecule has 0 radical (unpaired) electrons. The molecule has 1 saturated heterocycles. The molecule has 1 heterocycles. The van der Waals surface area contributed by atoms with Crippen molar-refractivity contribution in [2.45, 2.75) is 49.5 Å². The number of methoxy groups -OCH3 is 1. The van der Waals surface area contributed by atoms with E-state index in [0.29, 0.717) is 19.6 Å². The molecule has 0 bridgehead atoms. The van der Waals surface area contributed by atoms with Crippen LogP contribution in [0.2, 0.25) is 0 Å². The molecule has 1 aliphatic heterocycles. The zero-order valence-corrected chi connectivity index (χ0v) is 13.6. The van der Waals surface area contributed by atoms with E-state index in [-0.39, 0.29) is 29.8 Å². The van der Waals surface area contributed by atoms with Crippen molar-refractivity contribution in [3.05, 3.63) is 0 Å². The average Bonchev–Trinajstić information content (AvgIpc) is 2.46. The van der Waals surface area contributed by atoms with Crippen molar-refractivity contribution in [3.63, 3.8) is 0 Å². The molecule has 1 saturated carbocycles. The van der Waals surface area contributed by atoms with Crippen LogP contribution in [0.25, 0.3) is 0 Å². The highest BCUT2D eigenvalue weighted by Gasteiger charge is 2.34. The predicted octanol–water partition coefficient (Wildman–Crippen LogP) is 0.606. The molecule has 21 heavy (non-hydrogen) atoms. The van der Waals surface area contributed by atoms with Crippen molar-refractivity contribution in [1.29, 1.82) is 0 Å². The molecule has 0 aromatic rings. The van der Waals surface area contributed by atoms with E-state index in [9.17, 15) is 13.2 Å². The van der Waals surface area contributed by atoms with Gasteiger partial charge >= 0.3 is 5.97 Å². The van der Waals surface area contributed by atoms with Gasteiger partial charge in [-0.2, -0.15) is 0 Å². The van der Waals surface area contributed by atoms with Crippen molar-refractivity contribution < 1.29 is 22.7 Å². The Hall–Kier alpha value is -0.660. The number of hydrogen-bond donors (Lipinski definition) is 0. The first-order valence-electron chi connectivity index (χ1n) is 7.51. The second kappa shape index (κ2) is 7.07. The van der Waals surface area contributed by atoms with E-state index < -0.39 is 9.84 Å². The second-order valence-electron chi connectivity index (χ2n) is 6.04. The molecular weight excluding hydrogens is 294 g/mol. The lowest BCUT2D eigenvalue weighted by atomic mass is 9.93. The maximum absolute atomic E-state index is 11.8. The summed E-state index contributed by atoms with van der Waals surface area (Å²) in [6.45, 7) is 2.07. The fraction of sp³-hybridized carbons (Fsp3) is 0.929.